The molecule has 0 rings (SSSR count). The minimum atomic E-state index is -2.41. The van der Waals surface area contributed by atoms with Crippen LogP contribution >= 0.6 is 7.68 Å². The summed E-state index contributed by atoms with van der Waals surface area (Å²) in [5.41, 5.74) is 0. The second-order valence-corrected chi connectivity index (χ2v) is 10.6. The van der Waals surface area contributed by atoms with Crippen molar-refractivity contribution >= 4 is 7.68 Å². The smallest absolute Gasteiger partial charge is 0.314 e. The van der Waals surface area contributed by atoms with Crippen LogP contribution in [0.2, 0.25) is 0 Å². The molecule has 0 fully saturated rings. The zero-order valence-corrected chi connectivity index (χ0v) is 20.6. The lowest BCUT2D eigenvalue weighted by molar-refractivity contribution is -0.908. The first kappa shape index (κ1) is 27.6. The van der Waals surface area contributed by atoms with Gasteiger partial charge >= 0.3 is 7.68 Å². The molecule has 0 spiro atoms. The summed E-state index contributed by atoms with van der Waals surface area (Å²) < 4.78 is 24.3. The van der Waals surface area contributed by atoms with Crippen LogP contribution in [0, 0.1) is 0 Å². The maximum Gasteiger partial charge on any atom is 0.378 e. The van der Waals surface area contributed by atoms with E-state index in [0.717, 1.165) is 19.3 Å². The molecule has 4 heteroatoms. The lowest BCUT2D eigenvalue weighted by Gasteiger charge is -2.40. The fraction of sp³-hybridized carbons (Fsp3) is 0.917. The highest BCUT2D eigenvalue weighted by molar-refractivity contribution is 7.32. The number of unbranched alkanes of at least 4 members (excludes halogenated alkanes) is 12. The van der Waals surface area contributed by atoms with Crippen LogP contribution in [0.5, 0.6) is 0 Å². The average molecular weight is 415 g/mol. The molecule has 0 N–H and O–H groups in total. The number of nitrogens with zero attached hydrogens (tertiary/aromatic N) is 1. The third kappa shape index (κ3) is 11.6. The Bertz CT molecular complexity index is 458. The maximum atomic E-state index is 11.9. The Morgan fingerprint density at radius 2 is 1.11 bits per heavy atom. The topological polar surface area (TPSA) is 34.1 Å². The number of hydrogen-bond acceptors (Lipinski definition) is 2. The lowest BCUT2D eigenvalue weighted by Crippen LogP contribution is -2.53. The van der Waals surface area contributed by atoms with Crippen molar-refractivity contribution in [1.29, 1.82) is 0 Å². The van der Waals surface area contributed by atoms with Gasteiger partial charge in [0.15, 0.2) is 0 Å². The Balaban J connectivity index is 3.63. The van der Waals surface area contributed by atoms with Gasteiger partial charge in [0.2, 0.25) is 5.28 Å². The van der Waals surface area contributed by atoms with Gasteiger partial charge in [0.05, 0.1) is 21.1 Å². The summed E-state index contributed by atoms with van der Waals surface area (Å²) in [6.45, 7) is 4.26. The number of allylic oxidation sites excluding steroid dienone is 2. The number of hydrogen-bond donors (Lipinski definition) is 0. The van der Waals surface area contributed by atoms with E-state index in [0.29, 0.717) is 10.9 Å². The third-order valence-electron chi connectivity index (χ3n) is 6.24. The first-order valence-corrected chi connectivity index (χ1v) is 13.1. The Morgan fingerprint density at radius 1 is 0.679 bits per heavy atom. The van der Waals surface area contributed by atoms with Gasteiger partial charge in [-0.15, -0.1) is 0 Å². The quantitative estimate of drug-likeness (QED) is 0.0920. The lowest BCUT2D eigenvalue weighted by atomic mass is 10.0. The first-order valence-electron chi connectivity index (χ1n) is 11.9. The summed E-state index contributed by atoms with van der Waals surface area (Å²) in [6, 6.07) is 0. The number of rotatable bonds is 19. The highest BCUT2D eigenvalue weighted by Gasteiger charge is 2.46. The van der Waals surface area contributed by atoms with E-state index in [2.05, 4.69) is 19.1 Å². The van der Waals surface area contributed by atoms with Crippen LogP contribution in [0.1, 0.15) is 117 Å². The molecule has 3 nitrogen and oxygen atoms in total. The van der Waals surface area contributed by atoms with Crippen LogP contribution in [0.15, 0.2) is 12.2 Å². The molecule has 166 valence electrons. The largest absolute Gasteiger partial charge is 0.378 e. The van der Waals surface area contributed by atoms with Crippen molar-refractivity contribution < 1.29 is 13.6 Å². The minimum absolute atomic E-state index is 0.511. The Kier molecular flexibility index (Phi) is 16.2. The van der Waals surface area contributed by atoms with Gasteiger partial charge in [-0.3, -0.25) is 0 Å². The zero-order valence-electron chi connectivity index (χ0n) is 19.7. The predicted molar refractivity (Wildman–Crippen MR) is 123 cm³/mol. The van der Waals surface area contributed by atoms with Crippen LogP contribution in [-0.2, 0) is 9.13 Å². The highest BCUT2D eigenvalue weighted by atomic mass is 31.1. The fourth-order valence-electron chi connectivity index (χ4n) is 4.09. The molecule has 1 atom stereocenters. The molecule has 0 radical (unpaired) electrons. The molecule has 0 aromatic carbocycles. The molecular weight excluding hydrogens is 365 g/mol. The van der Waals surface area contributed by atoms with E-state index in [1.54, 1.807) is 0 Å². The Labute approximate surface area is 176 Å². The van der Waals surface area contributed by atoms with Crippen LogP contribution in [0.3, 0.4) is 0 Å². The zero-order chi connectivity index (χ0) is 21.3. The number of quaternary nitrogens is 1. The molecule has 0 aliphatic carbocycles. The van der Waals surface area contributed by atoms with E-state index in [9.17, 15) is 9.13 Å². The second kappa shape index (κ2) is 16.4. The van der Waals surface area contributed by atoms with Gasteiger partial charge in [0.1, 0.15) is 0 Å². The van der Waals surface area contributed by atoms with Crippen molar-refractivity contribution in [3.05, 3.63) is 12.2 Å². The van der Waals surface area contributed by atoms with Crippen LogP contribution in [0.25, 0.3) is 0 Å². The molecule has 0 aromatic rings. The van der Waals surface area contributed by atoms with Gasteiger partial charge in [0.25, 0.3) is 0 Å². The predicted octanol–water partition coefficient (Wildman–Crippen LogP) is 8.40. The average Bonchev–Trinajstić information content (AvgIpc) is 2.63. The molecule has 0 saturated heterocycles. The second-order valence-electron chi connectivity index (χ2n) is 9.29. The maximum absolute atomic E-state index is 11.9. The van der Waals surface area contributed by atoms with Crippen molar-refractivity contribution in [1.82, 2.24) is 0 Å². The normalized spacial score (nSPS) is 14.5. The van der Waals surface area contributed by atoms with Crippen molar-refractivity contribution in [2.45, 2.75) is 122 Å². The van der Waals surface area contributed by atoms with Gasteiger partial charge in [-0.2, -0.15) is 0 Å². The van der Waals surface area contributed by atoms with Crippen LogP contribution in [0.4, 0.5) is 0 Å². The molecule has 0 amide bonds. The summed E-state index contributed by atoms with van der Waals surface area (Å²) in [7, 11) is 3.62. The van der Waals surface area contributed by atoms with Gasteiger partial charge in [-0.05, 0) is 25.7 Å². The summed E-state index contributed by atoms with van der Waals surface area (Å²) in [4.78, 5) is 0. The summed E-state index contributed by atoms with van der Waals surface area (Å²) >= 11 is 0. The molecule has 0 saturated carbocycles. The molecule has 0 heterocycles. The monoisotopic (exact) mass is 414 g/mol. The molecule has 0 aliphatic heterocycles. The van der Waals surface area contributed by atoms with Crippen LogP contribution in [-0.4, -0.2) is 30.9 Å². The van der Waals surface area contributed by atoms with Crippen molar-refractivity contribution in [2.24, 2.45) is 0 Å². The molecular formula is C24H49NO2P+. The van der Waals surface area contributed by atoms with E-state index in [-0.39, 0.29) is 0 Å². The Hall–Kier alpha value is -0.400. The van der Waals surface area contributed by atoms with Crippen molar-refractivity contribution in [3.63, 3.8) is 0 Å². The van der Waals surface area contributed by atoms with Gasteiger partial charge in [-0.1, -0.05) is 90.2 Å². The Morgan fingerprint density at radius 3 is 1.50 bits per heavy atom. The highest BCUT2D eigenvalue weighted by Crippen LogP contribution is 2.43. The first-order chi connectivity index (χ1) is 13.3. The molecule has 0 aliphatic rings. The summed E-state index contributed by atoms with van der Waals surface area (Å²) in [5, 5.41) is -0.597. The van der Waals surface area contributed by atoms with Gasteiger partial charge in [-0.25, -0.2) is 9.13 Å². The van der Waals surface area contributed by atoms with Gasteiger partial charge in [0, 0.05) is 12.8 Å². The standard InChI is InChI=1S/C24H49NO2P/c1-6-8-9-10-11-12-13-14-15-16-17-18-19-20-21-22-23-24(7-2,28(26)27)25(3,4)5/h10-11H,6-9,12-23H2,1-5H3/q+1. The van der Waals surface area contributed by atoms with E-state index in [4.69, 9.17) is 0 Å². The summed E-state index contributed by atoms with van der Waals surface area (Å²) in [5.74, 6) is 0. The molecule has 0 aromatic heterocycles. The molecule has 1 unspecified atom stereocenters. The van der Waals surface area contributed by atoms with Gasteiger partial charge < -0.3 is 4.48 Å². The molecule has 28 heavy (non-hydrogen) atoms. The summed E-state index contributed by atoms with van der Waals surface area (Å²) in [6.07, 6.45) is 24.2. The SMILES string of the molecule is CCCCC=CCCCCCCCCCCCCC(CC)(P(=O)=O)[N+](C)(C)C. The van der Waals surface area contributed by atoms with E-state index in [1.807, 2.05) is 28.1 Å². The van der Waals surface area contributed by atoms with Crippen molar-refractivity contribution in [3.8, 4) is 0 Å². The third-order valence-corrected chi connectivity index (χ3v) is 8.06. The minimum Gasteiger partial charge on any atom is -0.314 e. The van der Waals surface area contributed by atoms with E-state index >= 15 is 0 Å². The van der Waals surface area contributed by atoms with Crippen LogP contribution < -0.4 is 0 Å². The molecule has 0 bridgehead atoms. The fourth-order valence-corrected chi connectivity index (χ4v) is 5.18. The van der Waals surface area contributed by atoms with Crippen molar-refractivity contribution in [2.75, 3.05) is 21.1 Å². The van der Waals surface area contributed by atoms with E-state index < -0.39 is 13.0 Å². The van der Waals surface area contributed by atoms with E-state index in [1.165, 1.54) is 77.0 Å².